The molecule has 116 valence electrons. The van der Waals surface area contributed by atoms with Gasteiger partial charge in [0.25, 0.3) is 0 Å². The van der Waals surface area contributed by atoms with E-state index < -0.39 is 0 Å². The lowest BCUT2D eigenvalue weighted by Crippen LogP contribution is -2.49. The van der Waals surface area contributed by atoms with Crippen LogP contribution in [0.4, 0.5) is 5.82 Å². The Bertz CT molecular complexity index is 602. The Morgan fingerprint density at radius 2 is 1.64 bits per heavy atom. The molecule has 0 amide bonds. The van der Waals surface area contributed by atoms with Crippen molar-refractivity contribution in [3.8, 4) is 17.0 Å². The number of hydrogen-bond acceptors (Lipinski definition) is 5. The van der Waals surface area contributed by atoms with Gasteiger partial charge in [0.05, 0.1) is 18.1 Å². The van der Waals surface area contributed by atoms with Crippen LogP contribution in [0.15, 0.2) is 36.7 Å². The van der Waals surface area contributed by atoms with Crippen LogP contribution in [0.5, 0.6) is 5.75 Å². The summed E-state index contributed by atoms with van der Waals surface area (Å²) in [6, 6.07) is 7.62. The van der Waals surface area contributed by atoms with Crippen molar-refractivity contribution in [2.45, 2.75) is 19.9 Å². The third-order valence-electron chi connectivity index (χ3n) is 4.17. The number of phenolic OH excluding ortho intramolecular Hbond substituents is 1. The van der Waals surface area contributed by atoms with E-state index in [-0.39, 0.29) is 5.75 Å². The Kier molecular flexibility index (Phi) is 4.24. The average molecular weight is 298 g/mol. The van der Waals surface area contributed by atoms with Crippen LogP contribution < -0.4 is 4.90 Å². The van der Waals surface area contributed by atoms with Gasteiger partial charge in [-0.3, -0.25) is 9.88 Å². The van der Waals surface area contributed by atoms with Crippen LogP contribution in [-0.4, -0.2) is 52.2 Å². The maximum Gasteiger partial charge on any atom is 0.147 e. The lowest BCUT2D eigenvalue weighted by atomic mass is 10.1. The van der Waals surface area contributed by atoms with Crippen molar-refractivity contribution in [3.63, 3.8) is 0 Å². The molecule has 1 saturated heterocycles. The SMILES string of the molecule is CC(C)N1CCN(c2cnc(-c3ccc(O)cc3)cn2)CC1. The second kappa shape index (κ2) is 6.32. The number of piperazine rings is 1. The van der Waals surface area contributed by atoms with Crippen molar-refractivity contribution < 1.29 is 5.11 Å². The molecule has 3 rings (SSSR count). The maximum atomic E-state index is 9.33. The van der Waals surface area contributed by atoms with E-state index in [4.69, 9.17) is 0 Å². The molecule has 0 atom stereocenters. The highest BCUT2D eigenvalue weighted by Crippen LogP contribution is 2.21. The normalized spacial score (nSPS) is 16.2. The van der Waals surface area contributed by atoms with E-state index in [9.17, 15) is 5.11 Å². The topological polar surface area (TPSA) is 52.5 Å². The summed E-state index contributed by atoms with van der Waals surface area (Å²) in [5, 5.41) is 9.33. The average Bonchev–Trinajstić information content (AvgIpc) is 2.56. The second-order valence-corrected chi connectivity index (χ2v) is 5.92. The van der Waals surface area contributed by atoms with Gasteiger partial charge in [-0.15, -0.1) is 0 Å². The molecule has 0 unspecified atom stereocenters. The van der Waals surface area contributed by atoms with Gasteiger partial charge in [0.2, 0.25) is 0 Å². The molecule has 0 saturated carbocycles. The molecule has 22 heavy (non-hydrogen) atoms. The van der Waals surface area contributed by atoms with E-state index in [1.165, 1.54) is 0 Å². The minimum Gasteiger partial charge on any atom is -0.508 e. The van der Waals surface area contributed by atoms with Crippen molar-refractivity contribution >= 4 is 5.82 Å². The highest BCUT2D eigenvalue weighted by atomic mass is 16.3. The third kappa shape index (κ3) is 3.20. The zero-order valence-corrected chi connectivity index (χ0v) is 13.1. The molecular weight excluding hydrogens is 276 g/mol. The Morgan fingerprint density at radius 1 is 0.955 bits per heavy atom. The van der Waals surface area contributed by atoms with E-state index in [1.54, 1.807) is 18.3 Å². The molecule has 1 N–H and O–H groups in total. The Morgan fingerprint density at radius 3 is 2.18 bits per heavy atom. The van der Waals surface area contributed by atoms with Crippen molar-refractivity contribution in [3.05, 3.63) is 36.7 Å². The molecule has 1 aromatic heterocycles. The number of aromatic nitrogens is 2. The molecule has 1 fully saturated rings. The summed E-state index contributed by atoms with van der Waals surface area (Å²) in [6.45, 7) is 8.60. The summed E-state index contributed by atoms with van der Waals surface area (Å²) in [6.07, 6.45) is 3.64. The van der Waals surface area contributed by atoms with Crippen molar-refractivity contribution in [2.75, 3.05) is 31.1 Å². The molecule has 0 spiro atoms. The molecule has 0 bridgehead atoms. The minimum absolute atomic E-state index is 0.261. The molecule has 5 nitrogen and oxygen atoms in total. The first-order chi connectivity index (χ1) is 10.6. The van der Waals surface area contributed by atoms with E-state index in [2.05, 4.69) is 33.6 Å². The Labute approximate surface area is 131 Å². The fourth-order valence-corrected chi connectivity index (χ4v) is 2.73. The lowest BCUT2D eigenvalue weighted by Gasteiger charge is -2.37. The Balaban J connectivity index is 1.68. The number of benzene rings is 1. The summed E-state index contributed by atoms with van der Waals surface area (Å²) in [5.41, 5.74) is 1.78. The molecule has 1 aliphatic rings. The van der Waals surface area contributed by atoms with Crippen LogP contribution >= 0.6 is 0 Å². The number of aromatic hydroxyl groups is 1. The van der Waals surface area contributed by atoms with Crippen molar-refractivity contribution in [2.24, 2.45) is 0 Å². The first-order valence-corrected chi connectivity index (χ1v) is 7.74. The van der Waals surface area contributed by atoms with Gasteiger partial charge in [-0.25, -0.2) is 4.98 Å². The van der Waals surface area contributed by atoms with Gasteiger partial charge in [0, 0.05) is 37.8 Å². The summed E-state index contributed by atoms with van der Waals surface area (Å²) in [4.78, 5) is 13.8. The van der Waals surface area contributed by atoms with Gasteiger partial charge in [0.15, 0.2) is 0 Å². The second-order valence-electron chi connectivity index (χ2n) is 5.92. The zero-order chi connectivity index (χ0) is 15.5. The number of anilines is 1. The Hall–Kier alpha value is -2.14. The summed E-state index contributed by atoms with van der Waals surface area (Å²) in [7, 11) is 0. The van der Waals surface area contributed by atoms with Crippen LogP contribution in [0.3, 0.4) is 0 Å². The van der Waals surface area contributed by atoms with E-state index in [0.717, 1.165) is 43.3 Å². The van der Waals surface area contributed by atoms with Crippen molar-refractivity contribution in [1.29, 1.82) is 0 Å². The summed E-state index contributed by atoms with van der Waals surface area (Å²) in [5.74, 6) is 1.20. The standard InChI is InChI=1S/C17H22N4O/c1-13(2)20-7-9-21(10-8-20)17-12-18-16(11-19-17)14-3-5-15(22)6-4-14/h3-6,11-13,22H,7-10H2,1-2H3. The lowest BCUT2D eigenvalue weighted by molar-refractivity contribution is 0.209. The molecule has 1 aromatic carbocycles. The van der Waals surface area contributed by atoms with Gasteiger partial charge in [-0.05, 0) is 38.1 Å². The van der Waals surface area contributed by atoms with Crippen LogP contribution in [-0.2, 0) is 0 Å². The summed E-state index contributed by atoms with van der Waals surface area (Å²) < 4.78 is 0. The number of phenols is 1. The largest absolute Gasteiger partial charge is 0.508 e. The van der Waals surface area contributed by atoms with Crippen molar-refractivity contribution in [1.82, 2.24) is 14.9 Å². The van der Waals surface area contributed by atoms with E-state index >= 15 is 0 Å². The van der Waals surface area contributed by atoms with Gasteiger partial charge in [0.1, 0.15) is 11.6 Å². The van der Waals surface area contributed by atoms with Crippen LogP contribution in [0.25, 0.3) is 11.3 Å². The number of rotatable bonds is 3. The molecule has 0 radical (unpaired) electrons. The number of hydrogen-bond donors (Lipinski definition) is 1. The first-order valence-electron chi connectivity index (χ1n) is 7.74. The fourth-order valence-electron chi connectivity index (χ4n) is 2.73. The molecule has 2 heterocycles. The quantitative estimate of drug-likeness (QED) is 0.943. The smallest absolute Gasteiger partial charge is 0.147 e. The van der Waals surface area contributed by atoms with Gasteiger partial charge >= 0.3 is 0 Å². The molecule has 5 heteroatoms. The van der Waals surface area contributed by atoms with E-state index in [1.807, 2.05) is 18.3 Å². The van der Waals surface area contributed by atoms with Crippen LogP contribution in [0.1, 0.15) is 13.8 Å². The van der Waals surface area contributed by atoms with E-state index in [0.29, 0.717) is 6.04 Å². The molecule has 1 aliphatic heterocycles. The predicted molar refractivity (Wildman–Crippen MR) is 88.1 cm³/mol. The third-order valence-corrected chi connectivity index (χ3v) is 4.17. The first kappa shape index (κ1) is 14.8. The van der Waals surface area contributed by atoms with Crippen LogP contribution in [0, 0.1) is 0 Å². The zero-order valence-electron chi connectivity index (χ0n) is 13.1. The molecule has 2 aromatic rings. The van der Waals surface area contributed by atoms with Gasteiger partial charge in [-0.2, -0.15) is 0 Å². The highest BCUT2D eigenvalue weighted by molar-refractivity contribution is 5.59. The van der Waals surface area contributed by atoms with Gasteiger partial charge < -0.3 is 10.0 Å². The van der Waals surface area contributed by atoms with Crippen LogP contribution in [0.2, 0.25) is 0 Å². The van der Waals surface area contributed by atoms with Gasteiger partial charge in [-0.1, -0.05) is 0 Å². The summed E-state index contributed by atoms with van der Waals surface area (Å²) >= 11 is 0. The monoisotopic (exact) mass is 298 g/mol. The fraction of sp³-hybridized carbons (Fsp3) is 0.412. The minimum atomic E-state index is 0.261. The predicted octanol–water partition coefficient (Wildman–Crippen LogP) is 2.38. The number of nitrogens with zero attached hydrogens (tertiary/aromatic N) is 4. The molecule has 0 aliphatic carbocycles. The maximum absolute atomic E-state index is 9.33. The molecular formula is C17H22N4O. The highest BCUT2D eigenvalue weighted by Gasteiger charge is 2.19.